The van der Waals surface area contributed by atoms with Crippen LogP contribution in [0.5, 0.6) is 5.75 Å². The molecule has 0 aliphatic heterocycles. The lowest BCUT2D eigenvalue weighted by Gasteiger charge is -2.28. The minimum atomic E-state index is -0.164. The Labute approximate surface area is 152 Å². The highest BCUT2D eigenvalue weighted by atomic mass is 16.5. The van der Waals surface area contributed by atoms with Crippen LogP contribution in [0.25, 0.3) is 11.4 Å². The van der Waals surface area contributed by atoms with Gasteiger partial charge in [0.25, 0.3) is 0 Å². The van der Waals surface area contributed by atoms with Crippen molar-refractivity contribution in [2.24, 2.45) is 13.0 Å². The molecule has 140 valence electrons. The third-order valence-electron chi connectivity index (χ3n) is 4.83. The van der Waals surface area contributed by atoms with Gasteiger partial charge in [-0.15, -0.1) is 5.10 Å². The fourth-order valence-electron chi connectivity index (χ4n) is 3.37. The van der Waals surface area contributed by atoms with Crippen molar-refractivity contribution < 1.29 is 19.4 Å². The van der Waals surface area contributed by atoms with Gasteiger partial charge in [0.1, 0.15) is 11.4 Å². The second-order valence-corrected chi connectivity index (χ2v) is 6.57. The van der Waals surface area contributed by atoms with E-state index in [4.69, 9.17) is 9.47 Å². The van der Waals surface area contributed by atoms with Crippen molar-refractivity contribution in [2.75, 3.05) is 7.11 Å². The lowest BCUT2D eigenvalue weighted by molar-refractivity contribution is -0.147. The first-order chi connectivity index (χ1) is 12.5. The third-order valence-corrected chi connectivity index (χ3v) is 4.83. The number of aryl methyl sites for hydroxylation is 2. The number of methoxy groups -OCH3 is 1. The summed E-state index contributed by atoms with van der Waals surface area (Å²) >= 11 is 0. The number of hydrogen-bond acceptors (Lipinski definition) is 7. The average molecular weight is 360 g/mol. The minimum absolute atomic E-state index is 0.0243. The van der Waals surface area contributed by atoms with E-state index in [1.165, 1.54) is 11.8 Å². The zero-order valence-corrected chi connectivity index (χ0v) is 15.3. The molecule has 2 aromatic heterocycles. The summed E-state index contributed by atoms with van der Waals surface area (Å²) in [5, 5.41) is 17.5. The Hall–Kier alpha value is -2.48. The van der Waals surface area contributed by atoms with Gasteiger partial charge in [-0.2, -0.15) is 0 Å². The Balaban J connectivity index is 1.75. The first-order valence-corrected chi connectivity index (χ1v) is 8.75. The molecule has 0 aromatic carbocycles. The molecule has 2 aromatic rings. The van der Waals surface area contributed by atoms with Crippen molar-refractivity contribution in [3.05, 3.63) is 23.5 Å². The van der Waals surface area contributed by atoms with E-state index in [2.05, 4.69) is 15.3 Å². The maximum absolute atomic E-state index is 11.8. The molecule has 2 heterocycles. The number of aliphatic hydroxyl groups is 1. The fraction of sp³-hybridized carbons (Fsp3) is 0.556. The van der Waals surface area contributed by atoms with E-state index in [0.29, 0.717) is 29.3 Å². The smallest absolute Gasteiger partial charge is 0.308 e. The highest BCUT2D eigenvalue weighted by Crippen LogP contribution is 2.30. The van der Waals surface area contributed by atoms with Gasteiger partial charge in [-0.1, -0.05) is 5.21 Å². The van der Waals surface area contributed by atoms with Crippen LogP contribution in [0.2, 0.25) is 0 Å². The number of esters is 1. The van der Waals surface area contributed by atoms with E-state index in [9.17, 15) is 9.90 Å². The molecule has 0 spiro atoms. The third kappa shape index (κ3) is 3.70. The van der Waals surface area contributed by atoms with Crippen LogP contribution >= 0.6 is 0 Å². The van der Waals surface area contributed by atoms with E-state index in [-0.39, 0.29) is 24.6 Å². The number of carbonyl (C=O) groups excluding carboxylic acids is 1. The number of carbonyl (C=O) groups is 1. The maximum Gasteiger partial charge on any atom is 0.308 e. The van der Waals surface area contributed by atoms with Gasteiger partial charge in [-0.25, -0.2) is 9.67 Å². The summed E-state index contributed by atoms with van der Waals surface area (Å²) in [5.74, 6) is 0.430. The summed E-state index contributed by atoms with van der Waals surface area (Å²) < 4.78 is 12.5. The van der Waals surface area contributed by atoms with Gasteiger partial charge in [0.05, 0.1) is 42.8 Å². The molecule has 0 amide bonds. The first kappa shape index (κ1) is 18.3. The predicted octanol–water partition coefficient (Wildman–Crippen LogP) is 1.79. The molecule has 1 saturated carbocycles. The SMILES string of the molecule is COC(=O)[C@H]1CCC[C@H](Oc2ccc(-c3nnn(C)c3CO)nc2C)C1. The lowest BCUT2D eigenvalue weighted by Crippen LogP contribution is -2.30. The second-order valence-electron chi connectivity index (χ2n) is 6.57. The number of pyridine rings is 1. The van der Waals surface area contributed by atoms with Crippen LogP contribution in [0.3, 0.4) is 0 Å². The average Bonchev–Trinajstić information content (AvgIpc) is 3.03. The van der Waals surface area contributed by atoms with Crippen molar-refractivity contribution >= 4 is 5.97 Å². The standard InChI is InChI=1S/C18H24N4O4/c1-11-16(26-13-6-4-5-12(9-13)18(24)25-3)8-7-14(19-11)17-15(10-23)22(2)21-20-17/h7-8,12-13,23H,4-6,9-10H2,1-3H3/t12-,13-/m0/s1. The van der Waals surface area contributed by atoms with Crippen LogP contribution < -0.4 is 4.74 Å². The van der Waals surface area contributed by atoms with Crippen LogP contribution in [0.15, 0.2) is 12.1 Å². The molecule has 2 atom stereocenters. The Morgan fingerprint density at radius 2 is 2.19 bits per heavy atom. The zero-order valence-electron chi connectivity index (χ0n) is 15.3. The van der Waals surface area contributed by atoms with Gasteiger partial charge in [0.15, 0.2) is 0 Å². The van der Waals surface area contributed by atoms with Crippen LogP contribution in [0.1, 0.15) is 37.1 Å². The van der Waals surface area contributed by atoms with E-state index < -0.39 is 0 Å². The molecule has 1 N–H and O–H groups in total. The normalized spacial score (nSPS) is 20.0. The van der Waals surface area contributed by atoms with Crippen LogP contribution in [-0.4, -0.2) is 44.3 Å². The predicted molar refractivity (Wildman–Crippen MR) is 93.3 cm³/mol. The number of aliphatic hydroxyl groups excluding tert-OH is 1. The summed E-state index contributed by atoms with van der Waals surface area (Å²) in [6.45, 7) is 1.71. The van der Waals surface area contributed by atoms with E-state index in [1.807, 2.05) is 19.1 Å². The molecule has 8 heteroatoms. The number of aromatic nitrogens is 4. The summed E-state index contributed by atoms with van der Waals surface area (Å²) in [5.41, 5.74) is 2.55. The Morgan fingerprint density at radius 3 is 2.88 bits per heavy atom. The topological polar surface area (TPSA) is 99.4 Å². The van der Waals surface area contributed by atoms with Crippen LogP contribution in [0, 0.1) is 12.8 Å². The maximum atomic E-state index is 11.8. The lowest BCUT2D eigenvalue weighted by atomic mass is 9.87. The van der Waals surface area contributed by atoms with E-state index in [0.717, 1.165) is 25.0 Å². The molecule has 1 fully saturated rings. The van der Waals surface area contributed by atoms with Crippen molar-refractivity contribution in [1.29, 1.82) is 0 Å². The summed E-state index contributed by atoms with van der Waals surface area (Å²) in [7, 11) is 3.15. The molecule has 26 heavy (non-hydrogen) atoms. The van der Waals surface area contributed by atoms with Crippen molar-refractivity contribution in [3.8, 4) is 17.1 Å². The van der Waals surface area contributed by atoms with E-state index >= 15 is 0 Å². The van der Waals surface area contributed by atoms with Crippen molar-refractivity contribution in [1.82, 2.24) is 20.0 Å². The highest BCUT2D eigenvalue weighted by molar-refractivity contribution is 5.72. The largest absolute Gasteiger partial charge is 0.489 e. The molecular formula is C18H24N4O4. The van der Waals surface area contributed by atoms with Gasteiger partial charge in [0, 0.05) is 7.05 Å². The Kier molecular flexibility index (Phi) is 5.51. The van der Waals surface area contributed by atoms with Gasteiger partial charge < -0.3 is 14.6 Å². The molecule has 0 bridgehead atoms. The first-order valence-electron chi connectivity index (χ1n) is 8.75. The monoisotopic (exact) mass is 360 g/mol. The molecule has 0 unspecified atom stereocenters. The Morgan fingerprint density at radius 1 is 1.38 bits per heavy atom. The molecule has 0 radical (unpaired) electrons. The second kappa shape index (κ2) is 7.82. The van der Waals surface area contributed by atoms with Gasteiger partial charge >= 0.3 is 5.97 Å². The minimum Gasteiger partial charge on any atom is -0.489 e. The molecule has 0 saturated heterocycles. The summed E-state index contributed by atoms with van der Waals surface area (Å²) in [4.78, 5) is 16.3. The van der Waals surface area contributed by atoms with Gasteiger partial charge in [-0.05, 0) is 44.7 Å². The molecular weight excluding hydrogens is 336 g/mol. The van der Waals surface area contributed by atoms with Gasteiger partial charge in [-0.3, -0.25) is 4.79 Å². The molecule has 1 aliphatic carbocycles. The van der Waals surface area contributed by atoms with Crippen molar-refractivity contribution in [3.63, 3.8) is 0 Å². The Bertz CT molecular complexity index is 789. The molecule has 8 nitrogen and oxygen atoms in total. The van der Waals surface area contributed by atoms with Crippen LogP contribution in [0.4, 0.5) is 0 Å². The molecule has 1 aliphatic rings. The van der Waals surface area contributed by atoms with Crippen LogP contribution in [-0.2, 0) is 23.2 Å². The fourth-order valence-corrected chi connectivity index (χ4v) is 3.37. The zero-order chi connectivity index (χ0) is 18.7. The number of hydrogen-bond donors (Lipinski definition) is 1. The number of ether oxygens (including phenoxy) is 2. The molecule has 3 rings (SSSR count). The highest BCUT2D eigenvalue weighted by Gasteiger charge is 2.29. The quantitative estimate of drug-likeness (QED) is 0.812. The number of nitrogens with zero attached hydrogens (tertiary/aromatic N) is 4. The van der Waals surface area contributed by atoms with Gasteiger partial charge in [0.2, 0.25) is 0 Å². The number of rotatable bonds is 5. The summed E-state index contributed by atoms with van der Waals surface area (Å²) in [6, 6.07) is 3.67. The van der Waals surface area contributed by atoms with Crippen molar-refractivity contribution in [2.45, 2.75) is 45.3 Å². The van der Waals surface area contributed by atoms with E-state index in [1.54, 1.807) is 7.05 Å². The summed E-state index contributed by atoms with van der Waals surface area (Å²) in [6.07, 6.45) is 3.33.